The van der Waals surface area contributed by atoms with Crippen molar-refractivity contribution in [2.24, 2.45) is 23.7 Å². The van der Waals surface area contributed by atoms with Crippen LogP contribution in [0.2, 0.25) is 0 Å². The molecular weight excluding hydrogens is 388 g/mol. The highest BCUT2D eigenvalue weighted by Gasteiger charge is 2.43. The lowest BCUT2D eigenvalue weighted by atomic mass is 9.82. The SMILES string of the molecule is CS(=O)(=O)c1ccc(OCC[C@@H]2C[C@@H]2C2CCN(C(=O)CC3CCC3)CC2)nc1. The molecule has 2 saturated carbocycles. The Hall–Kier alpha value is -1.63. The Kier molecular flexibility index (Phi) is 6.13. The summed E-state index contributed by atoms with van der Waals surface area (Å²) < 4.78 is 28.6. The lowest BCUT2D eigenvalue weighted by Gasteiger charge is -2.34. The predicted octanol–water partition coefficient (Wildman–Crippen LogP) is 3.32. The first kappa shape index (κ1) is 20.6. The van der Waals surface area contributed by atoms with Crippen LogP contribution in [0.3, 0.4) is 0 Å². The van der Waals surface area contributed by atoms with Gasteiger partial charge in [-0.1, -0.05) is 6.42 Å². The maximum atomic E-state index is 12.4. The van der Waals surface area contributed by atoms with E-state index in [9.17, 15) is 13.2 Å². The van der Waals surface area contributed by atoms with E-state index in [0.29, 0.717) is 30.2 Å². The maximum Gasteiger partial charge on any atom is 0.222 e. The summed E-state index contributed by atoms with van der Waals surface area (Å²) in [4.78, 5) is 18.8. The normalized spacial score (nSPS) is 25.5. The van der Waals surface area contributed by atoms with E-state index in [-0.39, 0.29) is 4.90 Å². The summed E-state index contributed by atoms with van der Waals surface area (Å²) in [6.45, 7) is 2.49. The number of amides is 1. The minimum Gasteiger partial charge on any atom is -0.478 e. The van der Waals surface area contributed by atoms with E-state index in [4.69, 9.17) is 4.74 Å². The smallest absolute Gasteiger partial charge is 0.222 e. The second kappa shape index (κ2) is 8.62. The molecule has 2 heterocycles. The maximum absolute atomic E-state index is 12.4. The Morgan fingerprint density at radius 2 is 1.97 bits per heavy atom. The van der Waals surface area contributed by atoms with Crippen LogP contribution in [0, 0.1) is 23.7 Å². The molecule has 0 bridgehead atoms. The molecule has 1 saturated heterocycles. The van der Waals surface area contributed by atoms with Gasteiger partial charge in [-0.25, -0.2) is 13.4 Å². The molecule has 1 amide bonds. The van der Waals surface area contributed by atoms with Crippen LogP contribution in [-0.4, -0.2) is 50.2 Å². The Morgan fingerprint density at radius 1 is 1.21 bits per heavy atom. The molecule has 6 nitrogen and oxygen atoms in total. The van der Waals surface area contributed by atoms with Gasteiger partial charge in [0.2, 0.25) is 11.8 Å². The number of carbonyl (C=O) groups excluding carboxylic acids is 1. The molecule has 1 aromatic rings. The molecule has 1 aliphatic heterocycles. The second-order valence-electron chi connectivity index (χ2n) is 9.12. The molecular formula is C22H32N2O4S. The van der Waals surface area contributed by atoms with Crippen LogP contribution < -0.4 is 4.74 Å². The summed E-state index contributed by atoms with van der Waals surface area (Å²) >= 11 is 0. The topological polar surface area (TPSA) is 76.6 Å². The molecule has 0 radical (unpaired) electrons. The minimum absolute atomic E-state index is 0.213. The Balaban J connectivity index is 1.13. The predicted molar refractivity (Wildman–Crippen MR) is 110 cm³/mol. The van der Waals surface area contributed by atoms with E-state index in [0.717, 1.165) is 50.6 Å². The molecule has 1 aromatic heterocycles. The average Bonchev–Trinajstić information content (AvgIpc) is 3.44. The number of hydrogen-bond donors (Lipinski definition) is 0. The van der Waals surface area contributed by atoms with Crippen LogP contribution in [0.1, 0.15) is 51.4 Å². The van der Waals surface area contributed by atoms with Gasteiger partial charge in [0.1, 0.15) is 0 Å². The Labute approximate surface area is 173 Å². The number of hydrogen-bond acceptors (Lipinski definition) is 5. The summed E-state index contributed by atoms with van der Waals surface area (Å²) in [5.74, 6) is 3.76. The first-order valence-electron chi connectivity index (χ1n) is 11.0. The van der Waals surface area contributed by atoms with Crippen molar-refractivity contribution in [2.75, 3.05) is 26.0 Å². The first-order chi connectivity index (χ1) is 13.9. The van der Waals surface area contributed by atoms with Gasteiger partial charge < -0.3 is 9.64 Å². The van der Waals surface area contributed by atoms with Gasteiger partial charge in [0, 0.05) is 38.0 Å². The van der Waals surface area contributed by atoms with Crippen molar-refractivity contribution in [1.82, 2.24) is 9.88 Å². The fourth-order valence-corrected chi connectivity index (χ4v) is 5.38. The van der Waals surface area contributed by atoms with Crippen molar-refractivity contribution in [3.05, 3.63) is 18.3 Å². The van der Waals surface area contributed by atoms with E-state index >= 15 is 0 Å². The largest absolute Gasteiger partial charge is 0.478 e. The number of carbonyl (C=O) groups is 1. The summed E-state index contributed by atoms with van der Waals surface area (Å²) in [7, 11) is -3.22. The third-order valence-corrected chi connectivity index (χ3v) is 8.14. The van der Waals surface area contributed by atoms with Crippen LogP contribution in [-0.2, 0) is 14.6 Å². The fraction of sp³-hybridized carbons (Fsp3) is 0.727. The highest BCUT2D eigenvalue weighted by molar-refractivity contribution is 7.90. The minimum atomic E-state index is -3.22. The number of piperidine rings is 1. The highest BCUT2D eigenvalue weighted by atomic mass is 32.2. The van der Waals surface area contributed by atoms with Crippen molar-refractivity contribution < 1.29 is 17.9 Å². The summed E-state index contributed by atoms with van der Waals surface area (Å²) in [5.41, 5.74) is 0. The molecule has 0 aromatic carbocycles. The van der Waals surface area contributed by atoms with Gasteiger partial charge in [-0.05, 0) is 68.3 Å². The third kappa shape index (κ3) is 5.30. The molecule has 160 valence electrons. The van der Waals surface area contributed by atoms with Gasteiger partial charge in [0.25, 0.3) is 0 Å². The van der Waals surface area contributed by atoms with Crippen molar-refractivity contribution in [2.45, 2.75) is 56.3 Å². The van der Waals surface area contributed by atoms with Crippen molar-refractivity contribution in [1.29, 1.82) is 0 Å². The summed E-state index contributed by atoms with van der Waals surface area (Å²) in [5, 5.41) is 0. The van der Waals surface area contributed by atoms with E-state index in [1.54, 1.807) is 6.07 Å². The second-order valence-corrected chi connectivity index (χ2v) is 11.1. The molecule has 0 N–H and O–H groups in total. The van der Waals surface area contributed by atoms with E-state index in [1.165, 1.54) is 44.2 Å². The average molecular weight is 421 g/mol. The molecule has 0 spiro atoms. The van der Waals surface area contributed by atoms with E-state index in [1.807, 2.05) is 0 Å². The number of likely N-dealkylation sites (tertiary alicyclic amines) is 1. The van der Waals surface area contributed by atoms with Gasteiger partial charge in [-0.15, -0.1) is 0 Å². The van der Waals surface area contributed by atoms with Crippen LogP contribution in [0.5, 0.6) is 5.88 Å². The number of aromatic nitrogens is 1. The van der Waals surface area contributed by atoms with Crippen molar-refractivity contribution in [3.63, 3.8) is 0 Å². The summed E-state index contributed by atoms with van der Waals surface area (Å²) in [6, 6.07) is 3.16. The zero-order valence-corrected chi connectivity index (χ0v) is 18.1. The van der Waals surface area contributed by atoms with Crippen LogP contribution in [0.15, 0.2) is 23.2 Å². The van der Waals surface area contributed by atoms with Gasteiger partial charge in [-0.3, -0.25) is 4.79 Å². The van der Waals surface area contributed by atoms with Gasteiger partial charge in [0.05, 0.1) is 11.5 Å². The number of pyridine rings is 1. The van der Waals surface area contributed by atoms with Crippen LogP contribution in [0.4, 0.5) is 0 Å². The highest BCUT2D eigenvalue weighted by Crippen LogP contribution is 2.49. The fourth-order valence-electron chi connectivity index (χ4n) is 4.82. The number of nitrogens with zero attached hydrogens (tertiary/aromatic N) is 2. The molecule has 2 aliphatic carbocycles. The standard InChI is InChI=1S/C22H32N2O4S/c1-29(26,27)19-5-6-21(23-15-19)28-12-9-18-14-20(18)17-7-10-24(11-8-17)22(25)13-16-3-2-4-16/h5-6,15-18,20H,2-4,7-14H2,1H3/t18-,20-/m1/s1. The van der Waals surface area contributed by atoms with Crippen molar-refractivity contribution in [3.8, 4) is 5.88 Å². The first-order valence-corrected chi connectivity index (χ1v) is 12.9. The number of rotatable bonds is 8. The molecule has 29 heavy (non-hydrogen) atoms. The van der Waals surface area contributed by atoms with Gasteiger partial charge in [0.15, 0.2) is 9.84 Å². The molecule has 4 rings (SSSR count). The van der Waals surface area contributed by atoms with Crippen molar-refractivity contribution >= 4 is 15.7 Å². The Bertz CT molecular complexity index is 812. The molecule has 7 heteroatoms. The molecule has 3 fully saturated rings. The zero-order chi connectivity index (χ0) is 20.4. The third-order valence-electron chi connectivity index (χ3n) is 7.04. The monoisotopic (exact) mass is 420 g/mol. The lowest BCUT2D eigenvalue weighted by molar-refractivity contribution is -0.134. The quantitative estimate of drug-likeness (QED) is 0.645. The summed E-state index contributed by atoms with van der Waals surface area (Å²) in [6.07, 6.45) is 11.7. The van der Waals surface area contributed by atoms with E-state index in [2.05, 4.69) is 9.88 Å². The molecule has 3 aliphatic rings. The van der Waals surface area contributed by atoms with Crippen LogP contribution in [0.25, 0.3) is 0 Å². The van der Waals surface area contributed by atoms with Gasteiger partial charge >= 0.3 is 0 Å². The molecule has 2 atom stereocenters. The zero-order valence-electron chi connectivity index (χ0n) is 17.3. The Morgan fingerprint density at radius 3 is 2.55 bits per heavy atom. The molecule has 0 unspecified atom stereocenters. The number of sulfone groups is 1. The van der Waals surface area contributed by atoms with Gasteiger partial charge in [-0.2, -0.15) is 0 Å². The van der Waals surface area contributed by atoms with E-state index < -0.39 is 9.84 Å². The van der Waals surface area contributed by atoms with Crippen LogP contribution >= 0.6 is 0 Å². The lowest BCUT2D eigenvalue weighted by Crippen LogP contribution is -2.40. The number of ether oxygens (including phenoxy) is 1.